The van der Waals surface area contributed by atoms with Crippen molar-refractivity contribution < 1.29 is 0 Å². The molecular weight excluding hydrogens is 167 g/mol. The monoisotopic (exact) mass is 193 g/mol. The van der Waals surface area contributed by atoms with Crippen molar-refractivity contribution in [1.29, 1.82) is 0 Å². The molecule has 0 saturated heterocycles. The van der Waals surface area contributed by atoms with Crippen LogP contribution in [0.1, 0.15) is 71.6 Å². The Bertz CT molecular complexity index is 61.5. The minimum absolute atomic E-state index is 0. The van der Waals surface area contributed by atoms with E-state index in [1.807, 2.05) is 0 Å². The first-order chi connectivity index (χ1) is 5.91. The predicted molar refractivity (Wildman–Crippen MR) is 64.4 cm³/mol. The Morgan fingerprint density at radius 2 is 1.31 bits per heavy atom. The van der Waals surface area contributed by atoms with Crippen molar-refractivity contribution >= 4 is 29.6 Å². The molecule has 0 aliphatic rings. The maximum atomic E-state index is 2.44. The molecule has 0 rings (SSSR count). The molecule has 13 heavy (non-hydrogen) atoms. The van der Waals surface area contributed by atoms with Crippen LogP contribution in [0.2, 0.25) is 0 Å². The summed E-state index contributed by atoms with van der Waals surface area (Å²) in [5.41, 5.74) is 0. The molecule has 0 N–H and O–H groups in total. The molecule has 1 radical (unpaired) electrons. The van der Waals surface area contributed by atoms with Crippen molar-refractivity contribution in [2.24, 2.45) is 0 Å². The first-order valence-electron chi connectivity index (χ1n) is 5.73. The fourth-order valence-corrected chi connectivity index (χ4v) is 1.42. The second-order valence-corrected chi connectivity index (χ2v) is 3.63. The van der Waals surface area contributed by atoms with Gasteiger partial charge in [0, 0.05) is 0 Å². The van der Waals surface area contributed by atoms with Crippen molar-refractivity contribution in [1.82, 2.24) is 0 Å². The van der Waals surface area contributed by atoms with E-state index >= 15 is 0 Å². The van der Waals surface area contributed by atoms with Gasteiger partial charge in [0.15, 0.2) is 0 Å². The molecular formula is C12H26Na. The summed E-state index contributed by atoms with van der Waals surface area (Å²) in [5.74, 6) is 0. The molecule has 0 unspecified atom stereocenters. The zero-order chi connectivity index (χ0) is 9.07. The van der Waals surface area contributed by atoms with Crippen molar-refractivity contribution in [3.05, 3.63) is 6.42 Å². The summed E-state index contributed by atoms with van der Waals surface area (Å²) in [5, 5.41) is 0. The first-order valence-corrected chi connectivity index (χ1v) is 5.73. The Labute approximate surface area is 107 Å². The quantitative estimate of drug-likeness (QED) is 0.382. The molecule has 0 saturated carbocycles. The van der Waals surface area contributed by atoms with Gasteiger partial charge in [0.1, 0.15) is 0 Å². The van der Waals surface area contributed by atoms with Gasteiger partial charge >= 0.3 is 29.6 Å². The van der Waals surface area contributed by atoms with Crippen LogP contribution < -0.4 is 0 Å². The van der Waals surface area contributed by atoms with Crippen LogP contribution in [-0.2, 0) is 0 Å². The predicted octanol–water partition coefficient (Wildman–Crippen LogP) is 4.09. The van der Waals surface area contributed by atoms with E-state index in [1.165, 1.54) is 57.8 Å². The van der Waals surface area contributed by atoms with E-state index in [0.29, 0.717) is 0 Å². The molecule has 0 aromatic heterocycles. The molecule has 0 amide bonds. The number of rotatable bonds is 9. The molecule has 1 heteroatoms. The summed E-state index contributed by atoms with van der Waals surface area (Å²) in [6, 6.07) is 0. The molecule has 0 spiro atoms. The standard InChI is InChI=1S/C12H25.Na.H/c1-3-5-7-9-11-12-10-8-6-4-2;;/h7H,3-6,8-12H2,1-2H3;;. The molecule has 0 atom stereocenters. The van der Waals surface area contributed by atoms with Gasteiger partial charge in [-0.3, -0.25) is 0 Å². The Hall–Kier alpha value is 1.00. The van der Waals surface area contributed by atoms with Crippen molar-refractivity contribution in [2.75, 3.05) is 0 Å². The number of unbranched alkanes of at least 4 members (excludes halogenated alkanes) is 9. The maximum absolute atomic E-state index is 2.44. The third-order valence-electron chi connectivity index (χ3n) is 2.25. The number of hydrogen-bond acceptors (Lipinski definition) is 0. The molecule has 0 aliphatic carbocycles. The molecule has 0 aromatic rings. The summed E-state index contributed by atoms with van der Waals surface area (Å²) < 4.78 is 0. The van der Waals surface area contributed by atoms with E-state index in [-0.39, 0.29) is 29.6 Å². The fourth-order valence-electron chi connectivity index (χ4n) is 1.42. The van der Waals surface area contributed by atoms with Crippen molar-refractivity contribution in [2.45, 2.75) is 71.6 Å². The van der Waals surface area contributed by atoms with Gasteiger partial charge < -0.3 is 0 Å². The van der Waals surface area contributed by atoms with Crippen LogP contribution in [0.5, 0.6) is 0 Å². The van der Waals surface area contributed by atoms with Crippen molar-refractivity contribution in [3.8, 4) is 0 Å². The molecule has 0 fully saturated rings. The van der Waals surface area contributed by atoms with Gasteiger partial charge in [0.25, 0.3) is 0 Å². The van der Waals surface area contributed by atoms with E-state index in [1.54, 1.807) is 0 Å². The Morgan fingerprint density at radius 3 is 1.92 bits per heavy atom. The van der Waals surface area contributed by atoms with E-state index in [4.69, 9.17) is 0 Å². The average molecular weight is 193 g/mol. The summed E-state index contributed by atoms with van der Waals surface area (Å²) in [6.45, 7) is 4.52. The average Bonchev–Trinajstić information content (AvgIpc) is 2.10. The summed E-state index contributed by atoms with van der Waals surface area (Å²) >= 11 is 0. The molecule has 0 aliphatic heterocycles. The Kier molecular flexibility index (Phi) is 19.6. The van der Waals surface area contributed by atoms with Crippen LogP contribution in [0.3, 0.4) is 0 Å². The van der Waals surface area contributed by atoms with Gasteiger partial charge in [-0.1, -0.05) is 71.6 Å². The van der Waals surface area contributed by atoms with Crippen LogP contribution in [-0.4, -0.2) is 29.6 Å². The van der Waals surface area contributed by atoms with E-state index in [9.17, 15) is 0 Å². The summed E-state index contributed by atoms with van der Waals surface area (Å²) in [4.78, 5) is 0. The van der Waals surface area contributed by atoms with E-state index in [0.717, 1.165) is 0 Å². The van der Waals surface area contributed by atoms with Crippen LogP contribution in [0.15, 0.2) is 0 Å². The molecule has 75 valence electrons. The van der Waals surface area contributed by atoms with Crippen LogP contribution in [0.4, 0.5) is 0 Å². The van der Waals surface area contributed by atoms with Crippen molar-refractivity contribution in [3.63, 3.8) is 0 Å². The molecule has 0 nitrogen and oxygen atoms in total. The first kappa shape index (κ1) is 16.4. The van der Waals surface area contributed by atoms with E-state index in [2.05, 4.69) is 20.3 Å². The zero-order valence-electron chi connectivity index (χ0n) is 8.94. The Morgan fingerprint density at radius 1 is 0.692 bits per heavy atom. The van der Waals surface area contributed by atoms with Crippen LogP contribution in [0.25, 0.3) is 0 Å². The normalized spacial score (nSPS) is 9.69. The fraction of sp³-hybridized carbons (Fsp3) is 0.917. The topological polar surface area (TPSA) is 0 Å². The summed E-state index contributed by atoms with van der Waals surface area (Å²) in [6.07, 6.45) is 15.0. The third kappa shape index (κ3) is 15.7. The molecule has 0 aromatic carbocycles. The molecule has 0 bridgehead atoms. The van der Waals surface area contributed by atoms with Gasteiger partial charge in [0.05, 0.1) is 0 Å². The van der Waals surface area contributed by atoms with Gasteiger partial charge in [-0.25, -0.2) is 0 Å². The van der Waals surface area contributed by atoms with Gasteiger partial charge in [-0.05, 0) is 6.42 Å². The van der Waals surface area contributed by atoms with Crippen LogP contribution in [0, 0.1) is 6.42 Å². The van der Waals surface area contributed by atoms with Gasteiger partial charge in [-0.15, -0.1) is 0 Å². The minimum atomic E-state index is 0. The zero-order valence-corrected chi connectivity index (χ0v) is 8.94. The Balaban J connectivity index is 0. The molecule has 0 heterocycles. The van der Waals surface area contributed by atoms with Crippen LogP contribution >= 0.6 is 0 Å². The SMILES string of the molecule is CCC[CH]CCCCCCCC.[NaH]. The summed E-state index contributed by atoms with van der Waals surface area (Å²) in [7, 11) is 0. The second-order valence-electron chi connectivity index (χ2n) is 3.63. The second kappa shape index (κ2) is 15.5. The van der Waals surface area contributed by atoms with Gasteiger partial charge in [0.2, 0.25) is 0 Å². The van der Waals surface area contributed by atoms with E-state index < -0.39 is 0 Å². The van der Waals surface area contributed by atoms with Gasteiger partial charge in [-0.2, -0.15) is 0 Å². The number of hydrogen-bond donors (Lipinski definition) is 0. The third-order valence-corrected chi connectivity index (χ3v) is 2.25.